The average molecular weight is 722 g/mol. The molecule has 6 rings (SSSR count). The Kier molecular flexibility index (Phi) is 10.2. The van der Waals surface area contributed by atoms with E-state index in [-0.39, 0.29) is 12.5 Å². The van der Waals surface area contributed by atoms with Crippen molar-refractivity contribution in [3.05, 3.63) is 59.8 Å². The molecular weight excluding hydrogens is 677 g/mol. The first-order valence-electron chi connectivity index (χ1n) is 17.0. The summed E-state index contributed by atoms with van der Waals surface area (Å²) in [5, 5.41) is 4.81. The molecule has 1 aliphatic rings. The maximum absolute atomic E-state index is 15.2. The monoisotopic (exact) mass is 721 g/mol. The first-order chi connectivity index (χ1) is 23.6. The lowest BCUT2D eigenvalue weighted by molar-refractivity contribution is 0.00352. The third kappa shape index (κ3) is 8.44. The summed E-state index contributed by atoms with van der Waals surface area (Å²) in [6, 6.07) is 10.4. The van der Waals surface area contributed by atoms with Crippen molar-refractivity contribution in [3.63, 3.8) is 0 Å². The molecule has 2 atom stereocenters. The van der Waals surface area contributed by atoms with Gasteiger partial charge < -0.3 is 23.7 Å². The zero-order valence-electron chi connectivity index (χ0n) is 29.7. The smallest absolute Gasteiger partial charge is 0.410 e. The highest BCUT2D eigenvalue weighted by molar-refractivity contribution is 6.76. The molecule has 0 N–H and O–H groups in total. The number of halogens is 2. The number of carbonyl (C=O) groups excluding carboxylic acids is 1. The molecule has 11 nitrogen and oxygen atoms in total. The second-order valence-corrected chi connectivity index (χ2v) is 21.1. The SMILES string of the molecule is Cc1nc2ccc(Oc3ccc4ncc(-c5cnn(CC6CCN(C(=O)OC(C)(C)C)CC6F)c5)nc4c3Cl)cc2n1COCC[Si](C)(C)C. The van der Waals surface area contributed by atoms with Crippen LogP contribution in [0.4, 0.5) is 9.18 Å². The fourth-order valence-corrected chi connectivity index (χ4v) is 6.84. The number of alkyl halides is 1. The van der Waals surface area contributed by atoms with E-state index in [0.717, 1.165) is 35.1 Å². The number of hydrogen-bond donors (Lipinski definition) is 0. The van der Waals surface area contributed by atoms with E-state index in [0.29, 0.717) is 59.5 Å². The number of imidazole rings is 1. The van der Waals surface area contributed by atoms with Gasteiger partial charge in [-0.15, -0.1) is 0 Å². The summed E-state index contributed by atoms with van der Waals surface area (Å²) in [4.78, 5) is 28.0. The lowest BCUT2D eigenvalue weighted by Crippen LogP contribution is -2.47. The Bertz CT molecular complexity index is 2000. The second-order valence-electron chi connectivity index (χ2n) is 15.1. The fraction of sp³-hybridized carbons (Fsp3) is 0.472. The van der Waals surface area contributed by atoms with Crippen molar-refractivity contribution in [2.45, 2.75) is 84.8 Å². The highest BCUT2D eigenvalue weighted by Crippen LogP contribution is 2.36. The molecule has 1 saturated heterocycles. The number of benzene rings is 2. The summed E-state index contributed by atoms with van der Waals surface area (Å²) in [5.74, 6) is 1.63. The number of amides is 1. The fourth-order valence-electron chi connectivity index (χ4n) is 5.84. The molecule has 50 heavy (non-hydrogen) atoms. The minimum Gasteiger partial charge on any atom is -0.456 e. The van der Waals surface area contributed by atoms with Gasteiger partial charge in [0, 0.05) is 51.5 Å². The molecule has 0 radical (unpaired) electrons. The molecular formula is C36H45ClFN7O4Si. The van der Waals surface area contributed by atoms with Crippen LogP contribution in [0, 0.1) is 12.8 Å². The third-order valence-corrected chi connectivity index (χ3v) is 10.7. The summed E-state index contributed by atoms with van der Waals surface area (Å²) in [6.45, 7) is 16.3. The number of nitrogens with zero attached hydrogens (tertiary/aromatic N) is 7. The van der Waals surface area contributed by atoms with Crippen LogP contribution in [0.25, 0.3) is 33.3 Å². The van der Waals surface area contributed by atoms with Gasteiger partial charge in [-0.2, -0.15) is 5.10 Å². The van der Waals surface area contributed by atoms with Crippen molar-refractivity contribution in [1.29, 1.82) is 0 Å². The average Bonchev–Trinajstić information content (AvgIpc) is 3.63. The molecule has 5 aromatic rings. The Balaban J connectivity index is 1.14. The summed E-state index contributed by atoms with van der Waals surface area (Å²) in [5.41, 5.74) is 3.56. The summed E-state index contributed by atoms with van der Waals surface area (Å²) in [7, 11) is -1.19. The number of ether oxygens (including phenoxy) is 3. The topological polar surface area (TPSA) is 109 Å². The van der Waals surface area contributed by atoms with E-state index in [1.165, 1.54) is 4.90 Å². The van der Waals surface area contributed by atoms with E-state index in [1.54, 1.807) is 43.9 Å². The van der Waals surface area contributed by atoms with Gasteiger partial charge in [0.15, 0.2) is 0 Å². The third-order valence-electron chi connectivity index (χ3n) is 8.65. The van der Waals surface area contributed by atoms with Gasteiger partial charge in [-0.05, 0) is 64.4 Å². The van der Waals surface area contributed by atoms with Crippen molar-refractivity contribution in [2.24, 2.45) is 5.92 Å². The van der Waals surface area contributed by atoms with Crippen LogP contribution < -0.4 is 4.74 Å². The van der Waals surface area contributed by atoms with E-state index in [2.05, 4.69) is 29.7 Å². The van der Waals surface area contributed by atoms with E-state index in [9.17, 15) is 4.79 Å². The number of aryl methyl sites for hydroxylation is 1. The first-order valence-corrected chi connectivity index (χ1v) is 21.0. The molecule has 2 unspecified atom stereocenters. The quantitative estimate of drug-likeness (QED) is 0.104. The van der Waals surface area contributed by atoms with Crippen LogP contribution in [0.3, 0.4) is 0 Å². The number of piperidine rings is 1. The minimum atomic E-state index is -1.19. The first kappa shape index (κ1) is 35.7. The summed E-state index contributed by atoms with van der Waals surface area (Å²) < 4.78 is 36.7. The molecule has 4 heterocycles. The van der Waals surface area contributed by atoms with Crippen LogP contribution in [0.2, 0.25) is 30.7 Å². The van der Waals surface area contributed by atoms with Crippen LogP contribution in [-0.4, -0.2) is 79.8 Å². The largest absolute Gasteiger partial charge is 0.456 e. The van der Waals surface area contributed by atoms with Gasteiger partial charge in [0.1, 0.15) is 46.4 Å². The van der Waals surface area contributed by atoms with Gasteiger partial charge in [-0.3, -0.25) is 9.67 Å². The molecule has 0 bridgehead atoms. The van der Waals surface area contributed by atoms with E-state index < -0.39 is 25.9 Å². The van der Waals surface area contributed by atoms with E-state index in [4.69, 9.17) is 35.8 Å². The zero-order chi connectivity index (χ0) is 35.8. The van der Waals surface area contributed by atoms with Crippen molar-refractivity contribution in [1.82, 2.24) is 34.2 Å². The second kappa shape index (κ2) is 14.3. The highest BCUT2D eigenvalue weighted by Gasteiger charge is 2.34. The lowest BCUT2D eigenvalue weighted by atomic mass is 9.95. The van der Waals surface area contributed by atoms with Gasteiger partial charge >= 0.3 is 6.09 Å². The van der Waals surface area contributed by atoms with E-state index in [1.807, 2.05) is 42.0 Å². The Morgan fingerprint density at radius 1 is 1.10 bits per heavy atom. The number of fused-ring (bicyclic) bond motifs is 2. The minimum absolute atomic E-state index is 0.00285. The number of hydrogen-bond acceptors (Lipinski definition) is 8. The van der Waals surface area contributed by atoms with Gasteiger partial charge in [0.25, 0.3) is 0 Å². The van der Waals surface area contributed by atoms with Gasteiger partial charge in [-0.25, -0.2) is 19.2 Å². The summed E-state index contributed by atoms with van der Waals surface area (Å²) >= 11 is 6.88. The molecule has 266 valence electrons. The molecule has 1 amide bonds. The number of rotatable bonds is 10. The molecule has 3 aromatic heterocycles. The molecule has 14 heteroatoms. The Labute approximate surface area is 297 Å². The van der Waals surface area contributed by atoms with Gasteiger partial charge in [-0.1, -0.05) is 31.2 Å². The maximum Gasteiger partial charge on any atom is 0.410 e. The molecule has 0 spiro atoms. The molecule has 0 aliphatic carbocycles. The highest BCUT2D eigenvalue weighted by atomic mass is 35.5. The number of carbonyl (C=O) groups is 1. The Morgan fingerprint density at radius 3 is 2.62 bits per heavy atom. The van der Waals surface area contributed by atoms with Crippen LogP contribution in [0.1, 0.15) is 33.0 Å². The number of likely N-dealkylation sites (tertiary alicyclic amines) is 1. The van der Waals surface area contributed by atoms with Gasteiger partial charge in [0.2, 0.25) is 0 Å². The van der Waals surface area contributed by atoms with Crippen molar-refractivity contribution in [3.8, 4) is 22.8 Å². The van der Waals surface area contributed by atoms with Gasteiger partial charge in [0.05, 0.1) is 41.2 Å². The molecule has 1 fully saturated rings. The maximum atomic E-state index is 15.2. The van der Waals surface area contributed by atoms with E-state index >= 15 is 4.39 Å². The molecule has 1 aliphatic heterocycles. The summed E-state index contributed by atoms with van der Waals surface area (Å²) in [6.07, 6.45) is 4.00. The standard InChI is InChI=1S/C36H45ClFN7O4Si/c1-23-41-28-9-8-26(16-31(28)45(23)22-47-14-15-50(5,6)7)48-32-11-10-29-34(33(32)37)42-30(18-39-29)25-17-40-44(20-25)19-24-12-13-43(21-27(24)38)35(46)49-36(2,3)4/h8-11,16-18,20,24,27H,12-15,19,21-22H2,1-7H3. The van der Waals surface area contributed by atoms with Crippen LogP contribution >= 0.6 is 11.6 Å². The Hall–Kier alpha value is -4.07. The van der Waals surface area contributed by atoms with Crippen molar-refractivity contribution < 1.29 is 23.4 Å². The lowest BCUT2D eigenvalue weighted by Gasteiger charge is -2.35. The predicted octanol–water partition coefficient (Wildman–Crippen LogP) is 8.50. The van der Waals surface area contributed by atoms with Crippen LogP contribution in [0.15, 0.2) is 48.9 Å². The Morgan fingerprint density at radius 2 is 1.88 bits per heavy atom. The molecule has 2 aromatic carbocycles. The van der Waals surface area contributed by atoms with Crippen molar-refractivity contribution >= 4 is 47.8 Å². The van der Waals surface area contributed by atoms with Crippen LogP contribution in [-0.2, 0) is 22.7 Å². The van der Waals surface area contributed by atoms with Crippen molar-refractivity contribution in [2.75, 3.05) is 19.7 Å². The normalized spacial score (nSPS) is 17.1. The van der Waals surface area contributed by atoms with Crippen LogP contribution in [0.5, 0.6) is 11.5 Å². The predicted molar refractivity (Wildman–Crippen MR) is 195 cm³/mol. The molecule has 0 saturated carbocycles. The zero-order valence-corrected chi connectivity index (χ0v) is 31.5. The number of aromatic nitrogens is 6.